The van der Waals surface area contributed by atoms with Crippen molar-refractivity contribution in [3.8, 4) is 27.6 Å². The summed E-state index contributed by atoms with van der Waals surface area (Å²) in [5, 5.41) is 19.0. The van der Waals surface area contributed by atoms with Gasteiger partial charge in [0.2, 0.25) is 10.3 Å². The number of hydrogen-bond donors (Lipinski definition) is 2. The topological polar surface area (TPSA) is 127 Å². The van der Waals surface area contributed by atoms with Crippen molar-refractivity contribution in [2.75, 3.05) is 20.3 Å². The first kappa shape index (κ1) is 26.4. The minimum Gasteiger partial charge on any atom is -0.385 e. The van der Waals surface area contributed by atoms with Gasteiger partial charge in [-0.05, 0) is 25.0 Å². The number of aromatic amines is 1. The van der Waals surface area contributed by atoms with Crippen LogP contribution in [0.2, 0.25) is 0 Å². The minimum absolute atomic E-state index is 0.122. The average molecular weight is 560 g/mol. The van der Waals surface area contributed by atoms with E-state index in [1.54, 1.807) is 30.8 Å². The van der Waals surface area contributed by atoms with Crippen LogP contribution in [0.1, 0.15) is 23.2 Å². The standard InChI is InChI=1S/C27H25N7O3S2/c1-37-15-6-5-13-28-24(35)20-11-9-18(10-12-20)21-17-39-27(30-21)34-25(36)23(31-32-26-29-14-16-38-26)22(33-34)19-7-3-2-4-8-19/h2-4,7-12,14,16-17,33H,5-6,13,15H2,1H3,(H,28,35). The summed E-state index contributed by atoms with van der Waals surface area (Å²) >= 11 is 2.65. The van der Waals surface area contributed by atoms with E-state index in [0.717, 1.165) is 24.0 Å². The molecule has 2 aromatic carbocycles. The quantitative estimate of drug-likeness (QED) is 0.152. The summed E-state index contributed by atoms with van der Waals surface area (Å²) in [7, 11) is 1.67. The van der Waals surface area contributed by atoms with E-state index in [4.69, 9.17) is 4.74 Å². The van der Waals surface area contributed by atoms with E-state index in [1.165, 1.54) is 27.4 Å². The number of H-pyrrole nitrogens is 1. The Morgan fingerprint density at radius 3 is 2.62 bits per heavy atom. The van der Waals surface area contributed by atoms with Crippen LogP contribution in [0.3, 0.4) is 0 Å². The summed E-state index contributed by atoms with van der Waals surface area (Å²) in [4.78, 5) is 34.6. The van der Waals surface area contributed by atoms with Crippen LogP contribution < -0.4 is 10.9 Å². The van der Waals surface area contributed by atoms with E-state index in [1.807, 2.05) is 47.8 Å². The average Bonchev–Trinajstić information content (AvgIpc) is 3.73. The molecule has 0 unspecified atom stereocenters. The van der Waals surface area contributed by atoms with Crippen LogP contribution in [0, 0.1) is 0 Å². The molecule has 0 aliphatic carbocycles. The molecule has 3 aromatic heterocycles. The first-order chi connectivity index (χ1) is 19.1. The monoisotopic (exact) mass is 559 g/mol. The third-order valence-electron chi connectivity index (χ3n) is 5.77. The molecule has 5 rings (SSSR count). The third kappa shape index (κ3) is 6.25. The van der Waals surface area contributed by atoms with E-state index < -0.39 is 0 Å². The molecule has 0 atom stereocenters. The zero-order chi connectivity index (χ0) is 27.0. The molecule has 0 fully saturated rings. The maximum Gasteiger partial charge on any atom is 0.301 e. The molecule has 0 saturated carbocycles. The Balaban J connectivity index is 1.38. The van der Waals surface area contributed by atoms with Crippen molar-refractivity contribution in [1.29, 1.82) is 0 Å². The largest absolute Gasteiger partial charge is 0.385 e. The van der Waals surface area contributed by atoms with Crippen LogP contribution in [-0.4, -0.2) is 45.9 Å². The molecule has 0 saturated heterocycles. The molecule has 198 valence electrons. The van der Waals surface area contributed by atoms with Gasteiger partial charge in [-0.15, -0.1) is 32.9 Å². The highest BCUT2D eigenvalue weighted by atomic mass is 32.1. The van der Waals surface area contributed by atoms with Crippen LogP contribution in [0.25, 0.3) is 27.6 Å². The number of amides is 1. The van der Waals surface area contributed by atoms with E-state index in [0.29, 0.717) is 40.4 Å². The fraction of sp³-hybridized carbons (Fsp3) is 0.185. The van der Waals surface area contributed by atoms with Crippen molar-refractivity contribution in [1.82, 2.24) is 25.1 Å². The second-order valence-electron chi connectivity index (χ2n) is 8.41. The van der Waals surface area contributed by atoms with Gasteiger partial charge in [0, 0.05) is 53.9 Å². The number of carbonyl (C=O) groups excluding carboxylic acids is 1. The van der Waals surface area contributed by atoms with Crippen LogP contribution >= 0.6 is 22.7 Å². The number of ether oxygens (including phenoxy) is 1. The van der Waals surface area contributed by atoms with E-state index in [2.05, 4.69) is 30.6 Å². The van der Waals surface area contributed by atoms with E-state index in [9.17, 15) is 9.59 Å². The molecule has 0 spiro atoms. The molecule has 0 radical (unpaired) electrons. The number of azo groups is 1. The lowest BCUT2D eigenvalue weighted by atomic mass is 10.1. The highest BCUT2D eigenvalue weighted by Crippen LogP contribution is 2.30. The Morgan fingerprint density at radius 2 is 1.87 bits per heavy atom. The SMILES string of the molecule is COCCCCNC(=O)c1ccc(-c2csc(-n3[nH]c(-c4ccccc4)c(N=Nc4nccs4)c3=O)n2)cc1. The maximum atomic E-state index is 13.4. The molecule has 10 nitrogen and oxygen atoms in total. The van der Waals surface area contributed by atoms with Gasteiger partial charge in [-0.3, -0.25) is 14.7 Å². The number of hydrogen-bond acceptors (Lipinski definition) is 9. The normalized spacial score (nSPS) is 11.3. The first-order valence-corrected chi connectivity index (χ1v) is 13.9. The van der Waals surface area contributed by atoms with Gasteiger partial charge in [0.05, 0.1) is 11.4 Å². The number of thiazole rings is 2. The lowest BCUT2D eigenvalue weighted by molar-refractivity contribution is 0.0951. The smallest absolute Gasteiger partial charge is 0.301 e. The van der Waals surface area contributed by atoms with Gasteiger partial charge < -0.3 is 10.1 Å². The third-order valence-corrected chi connectivity index (χ3v) is 7.25. The van der Waals surface area contributed by atoms with Crippen molar-refractivity contribution in [3.63, 3.8) is 0 Å². The molecule has 0 bridgehead atoms. The number of methoxy groups -OCH3 is 1. The second kappa shape index (κ2) is 12.5. The highest BCUT2D eigenvalue weighted by molar-refractivity contribution is 7.13. The van der Waals surface area contributed by atoms with Crippen LogP contribution in [0.4, 0.5) is 10.8 Å². The van der Waals surface area contributed by atoms with Gasteiger partial charge >= 0.3 is 5.56 Å². The van der Waals surface area contributed by atoms with Crippen molar-refractivity contribution in [2.24, 2.45) is 10.2 Å². The van der Waals surface area contributed by atoms with E-state index in [-0.39, 0.29) is 17.2 Å². The molecule has 2 N–H and O–H groups in total. The van der Waals surface area contributed by atoms with Crippen molar-refractivity contribution < 1.29 is 9.53 Å². The van der Waals surface area contributed by atoms with Crippen molar-refractivity contribution >= 4 is 39.4 Å². The van der Waals surface area contributed by atoms with Crippen LogP contribution in [0.5, 0.6) is 0 Å². The lowest BCUT2D eigenvalue weighted by Gasteiger charge is -2.05. The van der Waals surface area contributed by atoms with Crippen molar-refractivity contribution in [3.05, 3.63) is 87.5 Å². The number of unbranched alkanes of at least 4 members (excludes halogenated alkanes) is 1. The molecule has 3 heterocycles. The Labute approximate surface area is 232 Å². The van der Waals surface area contributed by atoms with Gasteiger partial charge in [-0.1, -0.05) is 42.5 Å². The summed E-state index contributed by atoms with van der Waals surface area (Å²) in [6, 6.07) is 16.7. The number of nitrogens with zero attached hydrogens (tertiary/aromatic N) is 5. The Morgan fingerprint density at radius 1 is 1.05 bits per heavy atom. The van der Waals surface area contributed by atoms with Crippen molar-refractivity contribution in [2.45, 2.75) is 12.8 Å². The number of rotatable bonds is 11. The maximum absolute atomic E-state index is 13.4. The van der Waals surface area contributed by atoms with E-state index >= 15 is 0 Å². The molecule has 0 aliphatic rings. The second-order valence-corrected chi connectivity index (χ2v) is 10.1. The molecule has 12 heteroatoms. The molecular weight excluding hydrogens is 534 g/mol. The Bertz CT molecular complexity index is 1610. The summed E-state index contributed by atoms with van der Waals surface area (Å²) in [6.07, 6.45) is 3.39. The Hall–Kier alpha value is -4.26. The number of benzene rings is 2. The fourth-order valence-corrected chi connectivity index (χ4v) is 5.03. The highest BCUT2D eigenvalue weighted by Gasteiger charge is 2.19. The van der Waals surface area contributed by atoms with Gasteiger partial charge in [-0.25, -0.2) is 9.97 Å². The molecule has 0 aliphatic heterocycles. The Kier molecular flexibility index (Phi) is 8.46. The molecule has 1 amide bonds. The zero-order valence-corrected chi connectivity index (χ0v) is 22.7. The van der Waals surface area contributed by atoms with Gasteiger partial charge in [-0.2, -0.15) is 4.68 Å². The fourth-order valence-electron chi connectivity index (χ4n) is 3.79. The lowest BCUT2D eigenvalue weighted by Crippen LogP contribution is -2.24. The minimum atomic E-state index is -0.368. The predicted octanol–water partition coefficient (Wildman–Crippen LogP) is 5.98. The molecule has 39 heavy (non-hydrogen) atoms. The molecule has 5 aromatic rings. The zero-order valence-electron chi connectivity index (χ0n) is 21.0. The van der Waals surface area contributed by atoms with Crippen LogP contribution in [0.15, 0.2) is 86.6 Å². The van der Waals surface area contributed by atoms with Gasteiger partial charge in [0.1, 0.15) is 0 Å². The van der Waals surface area contributed by atoms with Gasteiger partial charge in [0.15, 0.2) is 5.69 Å². The van der Waals surface area contributed by atoms with Gasteiger partial charge in [0.25, 0.3) is 5.91 Å². The summed E-state index contributed by atoms with van der Waals surface area (Å²) in [5.41, 5.74) is 3.24. The predicted molar refractivity (Wildman–Crippen MR) is 153 cm³/mol. The first-order valence-electron chi connectivity index (χ1n) is 12.2. The summed E-state index contributed by atoms with van der Waals surface area (Å²) < 4.78 is 6.40. The number of nitrogens with one attached hydrogen (secondary N) is 2. The van der Waals surface area contributed by atoms with Crippen LogP contribution in [-0.2, 0) is 4.74 Å². The number of carbonyl (C=O) groups is 1. The molecular formula is C27H25N7O3S2. The summed E-state index contributed by atoms with van der Waals surface area (Å²) in [5.74, 6) is -0.122. The summed E-state index contributed by atoms with van der Waals surface area (Å²) in [6.45, 7) is 1.28. The number of aromatic nitrogens is 4.